The van der Waals surface area contributed by atoms with Crippen LogP contribution in [0.4, 0.5) is 0 Å². The first-order chi connectivity index (χ1) is 68.4. The number of unbranched alkanes of at least 4 members (excludes halogenated alkanes) is 12. The van der Waals surface area contributed by atoms with Crippen LogP contribution >= 0.6 is 31.9 Å². The van der Waals surface area contributed by atoms with E-state index in [0.29, 0.717) is 143 Å². The van der Waals surface area contributed by atoms with Crippen LogP contribution in [0.5, 0.6) is 46.0 Å². The van der Waals surface area contributed by atoms with Gasteiger partial charge in [-0.3, -0.25) is 0 Å². The van der Waals surface area contributed by atoms with E-state index in [1.165, 1.54) is 0 Å². The fourth-order valence-electron chi connectivity index (χ4n) is 17.4. The Morgan fingerprint density at radius 1 is 0.270 bits per heavy atom. The Balaban J connectivity index is 0.00000319. The summed E-state index contributed by atoms with van der Waals surface area (Å²) >= 11 is 6.70. The van der Waals surface area contributed by atoms with Crippen molar-refractivity contribution in [1.29, 1.82) is 0 Å². The van der Waals surface area contributed by atoms with Crippen molar-refractivity contribution < 1.29 is 63.4 Å². The number of aliphatic hydroxyl groups is 5. The lowest BCUT2D eigenvalue weighted by Gasteiger charge is -2.36. The predicted octanol–water partition coefficient (Wildman–Crippen LogP) is 31.9. The van der Waals surface area contributed by atoms with Gasteiger partial charge >= 0.3 is 0 Å². The SMILES string of the molecule is CCCCCCC1c2cc3c4c(C#CC(=C=C(C#CC(C)(C)O)C(C)(C)C)C(C)(C)C)c2OCOc2c1cc1c(c2C#CC(=C=C(C#CC(C)(C)O)C(C)(C)C)C(C)(C)C)OCOc2c(cc5c(c2C#CC(=C=C(C#CC(C)(C)O)C(C)(C)C)C(C)(C)C)OCOc2c(cc(c(c2C#CC(=C=C(C#CC(C)(C)O)C(C)(C)C)C(C)(C)C)OCO4)C3CCCCCC)C5CCCCCC)C1CCCCCC.C[C@@H](Br)[C@](C)(Br)CO. The lowest BCUT2D eigenvalue weighted by molar-refractivity contribution is 0.0972. The average Bonchev–Trinajstić information content (AvgIpc) is 0.716. The molecule has 8 bridgehead atoms. The Kier molecular flexibility index (Phi) is 42.6. The first-order valence-electron chi connectivity index (χ1n) is 54.4. The van der Waals surface area contributed by atoms with Crippen LogP contribution in [-0.4, -0.2) is 90.9 Å². The maximum absolute atomic E-state index is 11.2. The summed E-state index contributed by atoms with van der Waals surface area (Å²) in [6.45, 7) is 76.6. The standard InChI is InChI=1S/C128H168O12.C5H10Br2O/c1-37-41-45-49-53-93-101-77-103-94(54-50-46-42-38-2)105-79-107-96(56-52-48-44-40-4)108-80-106-95(55-51-47-43-39-3)104-78-102(93)110-98(62-58-86(118(8,9)10)74-90(122(20,21)22)66-70-126(31,32)130)112(104)136-83-138-114(106)100(64-60-88(120(14,15)16)76-92(124(26,27)28)68-72-128(35,36)132)116(108)140-84-139-115(107)99(63-59-87(119(11,12)13)75-91(123(23,24)25)67-71-127(33,34)131)113(105)137-82-135-111(103)97(109(101)133-81-134-110)61-57-85(117(5,6)7)73-89(121(17,18)19)65-69-125(29,30)129;1-4(6)5(2,7)3-8/h77-80,93-96,129-132H,37-56,81-84H2,1-36H3;4,8H,3H2,1-2H3/t;4-,5-/m.1/s1. The Labute approximate surface area is 911 Å². The molecule has 0 spiro atoms. The Morgan fingerprint density at radius 2 is 0.426 bits per heavy atom. The van der Waals surface area contributed by atoms with E-state index in [1.54, 1.807) is 55.4 Å². The summed E-state index contributed by atoms with van der Waals surface area (Å²) in [4.78, 5) is 0.292. The molecule has 1 aliphatic carbocycles. The fraction of sp³-hybridized carbons (Fsp3) is 0.609. The summed E-state index contributed by atoms with van der Waals surface area (Å²) in [5.74, 6) is 59.0. The van der Waals surface area contributed by atoms with Gasteiger partial charge < -0.3 is 63.4 Å². The van der Waals surface area contributed by atoms with Crippen molar-refractivity contribution in [1.82, 2.24) is 0 Å². The third kappa shape index (κ3) is 35.1. The van der Waals surface area contributed by atoms with Gasteiger partial charge in [-0.25, -0.2) is 0 Å². The van der Waals surface area contributed by atoms with Gasteiger partial charge in [-0.2, -0.15) is 0 Å². The van der Waals surface area contributed by atoms with Gasteiger partial charge in [0, 0.05) is 116 Å². The summed E-state index contributed by atoms with van der Waals surface area (Å²) in [5, 5.41) is 53.7. The zero-order valence-electron chi connectivity index (χ0n) is 97.6. The van der Waals surface area contributed by atoms with Gasteiger partial charge in [0.15, 0.2) is 0 Å². The molecule has 4 aliphatic heterocycles. The van der Waals surface area contributed by atoms with Gasteiger partial charge in [-0.05, 0) is 112 Å². The predicted molar refractivity (Wildman–Crippen MR) is 617 cm³/mol. The Bertz CT molecular complexity index is 5440. The van der Waals surface area contributed by atoms with Gasteiger partial charge in [-0.15, -0.1) is 0 Å². The van der Waals surface area contributed by atoms with Crippen LogP contribution < -0.4 is 37.9 Å². The molecular formula is C133H178Br2O13. The van der Waals surface area contributed by atoms with Crippen LogP contribution in [0.3, 0.4) is 0 Å². The number of aliphatic hydroxyl groups excluding tert-OH is 1. The highest BCUT2D eigenvalue weighted by atomic mass is 79.9. The topological polar surface area (TPSA) is 175 Å². The fourth-order valence-corrected chi connectivity index (χ4v) is 17.5. The summed E-state index contributed by atoms with van der Waals surface area (Å²) in [7, 11) is 0. The molecule has 0 unspecified atom stereocenters. The third-order valence-electron chi connectivity index (χ3n) is 26.5. The number of ether oxygens (including phenoxy) is 8. The largest absolute Gasteiger partial charge is 0.456 e. The van der Waals surface area contributed by atoms with Crippen molar-refractivity contribution >= 4 is 31.9 Å². The highest BCUT2D eigenvalue weighted by Gasteiger charge is 2.44. The average molecular weight is 2140 g/mol. The molecule has 0 amide bonds. The van der Waals surface area contributed by atoms with Crippen LogP contribution in [0.15, 0.2) is 91.8 Å². The number of allylic oxidation sites excluding steroid dienone is 4. The normalized spacial score (nSPS) is 16.1. The molecule has 2 atom stereocenters. The van der Waals surface area contributed by atoms with Gasteiger partial charge in [0.1, 0.15) is 90.7 Å². The van der Waals surface area contributed by atoms with E-state index in [-0.39, 0.29) is 38.1 Å². The molecule has 4 aromatic rings. The molecule has 4 heterocycles. The number of halogens is 2. The molecule has 802 valence electrons. The highest BCUT2D eigenvalue weighted by Crippen LogP contribution is 2.60. The summed E-state index contributed by atoms with van der Waals surface area (Å²) in [6, 6.07) is 9.61. The van der Waals surface area contributed by atoms with E-state index in [1.807, 2.05) is 13.8 Å². The lowest BCUT2D eigenvalue weighted by Crippen LogP contribution is -2.29. The van der Waals surface area contributed by atoms with Gasteiger partial charge in [0.2, 0.25) is 27.2 Å². The lowest BCUT2D eigenvalue weighted by atomic mass is 9.74. The van der Waals surface area contributed by atoms with Crippen LogP contribution in [0.1, 0.15) is 482 Å². The molecule has 9 rings (SSSR count). The molecule has 0 radical (unpaired) electrons. The summed E-state index contributed by atoms with van der Waals surface area (Å²) < 4.78 is 60.8. The molecule has 5 N–H and O–H groups in total. The monoisotopic (exact) mass is 2140 g/mol. The first-order valence-corrected chi connectivity index (χ1v) is 56.1. The molecular weight excluding hydrogens is 1970 g/mol. The van der Waals surface area contributed by atoms with Crippen LogP contribution in [0.25, 0.3) is 0 Å². The van der Waals surface area contributed by atoms with Crippen molar-refractivity contribution in [3.63, 3.8) is 0 Å². The second-order valence-electron chi connectivity index (χ2n) is 51.4. The second kappa shape index (κ2) is 50.9. The Morgan fingerprint density at radius 3 is 0.547 bits per heavy atom. The quantitative estimate of drug-likeness (QED) is 0.0218. The van der Waals surface area contributed by atoms with Gasteiger partial charge in [0.25, 0.3) is 0 Å². The van der Waals surface area contributed by atoms with Crippen molar-refractivity contribution in [3.05, 3.63) is 159 Å². The number of hydrogen-bond donors (Lipinski definition) is 5. The smallest absolute Gasteiger partial charge is 0.231 e. The minimum Gasteiger partial charge on any atom is -0.456 e. The third-order valence-corrected chi connectivity index (χ3v) is 29.1. The van der Waals surface area contributed by atoms with Crippen LogP contribution in [0, 0.1) is 138 Å². The highest BCUT2D eigenvalue weighted by molar-refractivity contribution is 9.12. The molecule has 0 saturated carbocycles. The zero-order valence-corrected chi connectivity index (χ0v) is 101. The van der Waals surface area contributed by atoms with Crippen molar-refractivity contribution in [2.45, 2.75) is 447 Å². The maximum atomic E-state index is 11.2. The maximum Gasteiger partial charge on any atom is 0.231 e. The molecule has 15 heteroatoms. The number of rotatable bonds is 22. The number of hydrogen-bond acceptors (Lipinski definition) is 13. The molecule has 0 saturated heterocycles. The molecule has 5 aliphatic rings. The zero-order chi connectivity index (χ0) is 111. The van der Waals surface area contributed by atoms with E-state index < -0.39 is 89.4 Å². The second-order valence-corrected chi connectivity index (χ2v) is 54.6. The van der Waals surface area contributed by atoms with Gasteiger partial charge in [0.05, 0.1) is 55.5 Å². The van der Waals surface area contributed by atoms with E-state index in [4.69, 9.17) is 43.0 Å². The molecule has 148 heavy (non-hydrogen) atoms. The minimum atomic E-state index is -1.29. The van der Waals surface area contributed by atoms with Crippen LogP contribution in [0.2, 0.25) is 0 Å². The molecule has 13 nitrogen and oxygen atoms in total. The molecule has 0 aromatic heterocycles. The summed E-state index contributed by atoms with van der Waals surface area (Å²) in [5.41, 5.74) is 20.4. The van der Waals surface area contributed by atoms with Crippen molar-refractivity contribution in [3.8, 4) is 141 Å². The molecule has 4 aromatic carbocycles. The van der Waals surface area contributed by atoms with Crippen LogP contribution in [-0.2, 0) is 0 Å². The number of alkyl halides is 2. The van der Waals surface area contributed by atoms with Crippen molar-refractivity contribution in [2.24, 2.45) is 43.3 Å². The van der Waals surface area contributed by atoms with E-state index in [9.17, 15) is 20.4 Å². The van der Waals surface area contributed by atoms with Crippen molar-refractivity contribution in [2.75, 3.05) is 33.8 Å². The first kappa shape index (κ1) is 124. The van der Waals surface area contributed by atoms with E-state index in [2.05, 4.69) is 368 Å². The molecule has 0 fully saturated rings. The minimum absolute atomic E-state index is 0.152. The Hall–Kier alpha value is -9.40. The summed E-state index contributed by atoms with van der Waals surface area (Å²) in [6.07, 6.45) is 17.5. The van der Waals surface area contributed by atoms with E-state index >= 15 is 0 Å². The number of benzene rings is 4. The van der Waals surface area contributed by atoms with E-state index in [0.717, 1.165) is 147 Å². The van der Waals surface area contributed by atoms with Gasteiger partial charge in [-0.1, -0.05) is 453 Å².